The average molecular weight is 315 g/mol. The molecule has 0 fully saturated rings. The maximum Gasteiger partial charge on any atom is 0.234 e. The van der Waals surface area contributed by atoms with E-state index in [0.29, 0.717) is 5.56 Å². The predicted octanol–water partition coefficient (Wildman–Crippen LogP) is 2.77. The summed E-state index contributed by atoms with van der Waals surface area (Å²) in [6, 6.07) is 14.8. The molecule has 0 spiro atoms. The summed E-state index contributed by atoms with van der Waals surface area (Å²) >= 11 is 0. The topological polar surface area (TPSA) is 46.2 Å². The maximum absolute atomic E-state index is 12.7. The molecule has 112 valence electrons. The first-order valence-corrected chi connectivity index (χ1v) is 8.07. The van der Waals surface area contributed by atoms with E-state index in [1.54, 1.807) is 12.1 Å². The smallest absolute Gasteiger partial charge is 0.208 e. The highest BCUT2D eigenvalue weighted by molar-refractivity contribution is 7.92. The molecule has 0 saturated heterocycles. The predicted molar refractivity (Wildman–Crippen MR) is 85.7 cm³/mol. The molecule has 0 aliphatic carbocycles. The Bertz CT molecular complexity index is 801. The number of halogens is 1. The fourth-order valence-corrected chi connectivity index (χ4v) is 2.30. The second-order valence-electron chi connectivity index (χ2n) is 4.39. The van der Waals surface area contributed by atoms with Crippen LogP contribution in [-0.2, 0) is 10.0 Å². The van der Waals surface area contributed by atoms with Crippen LogP contribution >= 0.6 is 0 Å². The van der Waals surface area contributed by atoms with Crippen LogP contribution in [0.3, 0.4) is 0 Å². The third-order valence-electron chi connectivity index (χ3n) is 2.68. The lowest BCUT2D eigenvalue weighted by atomic mass is 10.2. The third kappa shape index (κ3) is 5.52. The summed E-state index contributed by atoms with van der Waals surface area (Å²) in [5, 5.41) is 1.10. The lowest BCUT2D eigenvalue weighted by molar-refractivity contribution is 0.595. The van der Waals surface area contributed by atoms with E-state index in [9.17, 15) is 12.8 Å². The van der Waals surface area contributed by atoms with Crippen LogP contribution in [0.2, 0.25) is 0 Å². The highest BCUT2D eigenvalue weighted by Gasteiger charge is 2.02. The van der Waals surface area contributed by atoms with Crippen molar-refractivity contribution in [2.45, 2.75) is 0 Å². The van der Waals surface area contributed by atoms with Crippen LogP contribution in [0.25, 0.3) is 6.08 Å². The van der Waals surface area contributed by atoms with Crippen LogP contribution in [-0.4, -0.2) is 15.0 Å². The maximum atomic E-state index is 12.7. The van der Waals surface area contributed by atoms with Crippen molar-refractivity contribution >= 4 is 16.1 Å². The number of sulfonamides is 1. The Morgan fingerprint density at radius 3 is 2.41 bits per heavy atom. The summed E-state index contributed by atoms with van der Waals surface area (Å²) in [7, 11) is -3.53. The first-order chi connectivity index (χ1) is 10.6. The van der Waals surface area contributed by atoms with Crippen molar-refractivity contribution in [1.82, 2.24) is 4.72 Å². The average Bonchev–Trinajstić information content (AvgIpc) is 2.52. The standard InChI is InChI=1S/C17H14FNO2S/c18-17-10-8-16(9-11-17)7-4-13-19-22(20,21)14-12-15-5-2-1-3-6-15/h1-3,5-6,8-12,14,19H,13H2/b14-12+. The highest BCUT2D eigenvalue weighted by Crippen LogP contribution is 2.02. The Morgan fingerprint density at radius 2 is 1.73 bits per heavy atom. The molecule has 2 aromatic rings. The van der Waals surface area contributed by atoms with Gasteiger partial charge in [-0.15, -0.1) is 0 Å². The lowest BCUT2D eigenvalue weighted by Gasteiger charge is -1.97. The Balaban J connectivity index is 1.91. The van der Waals surface area contributed by atoms with Gasteiger partial charge in [0.2, 0.25) is 10.0 Å². The molecule has 0 aromatic heterocycles. The van der Waals surface area contributed by atoms with Crippen LogP contribution in [0, 0.1) is 17.7 Å². The Morgan fingerprint density at radius 1 is 1.05 bits per heavy atom. The molecule has 0 unspecified atom stereocenters. The summed E-state index contributed by atoms with van der Waals surface area (Å²) in [4.78, 5) is 0. The molecule has 0 atom stereocenters. The molecule has 1 N–H and O–H groups in total. The van der Waals surface area contributed by atoms with Crippen molar-refractivity contribution in [3.63, 3.8) is 0 Å². The molecule has 0 aliphatic rings. The lowest BCUT2D eigenvalue weighted by Crippen LogP contribution is -2.21. The number of benzene rings is 2. The molecule has 5 heteroatoms. The van der Waals surface area contributed by atoms with Gasteiger partial charge in [-0.05, 0) is 35.9 Å². The van der Waals surface area contributed by atoms with E-state index in [-0.39, 0.29) is 12.4 Å². The van der Waals surface area contributed by atoms with E-state index in [2.05, 4.69) is 16.6 Å². The summed E-state index contributed by atoms with van der Waals surface area (Å²) in [5.74, 6) is 5.09. The van der Waals surface area contributed by atoms with Crippen molar-refractivity contribution in [1.29, 1.82) is 0 Å². The Labute approximate surface area is 129 Å². The summed E-state index contributed by atoms with van der Waals surface area (Å²) < 4.78 is 38.5. The monoisotopic (exact) mass is 315 g/mol. The molecule has 2 aromatic carbocycles. The van der Waals surface area contributed by atoms with Crippen LogP contribution < -0.4 is 4.72 Å². The molecule has 0 heterocycles. The first-order valence-electron chi connectivity index (χ1n) is 6.52. The Hall–Kier alpha value is -2.42. The number of hydrogen-bond acceptors (Lipinski definition) is 2. The van der Waals surface area contributed by atoms with Gasteiger partial charge in [0.25, 0.3) is 0 Å². The highest BCUT2D eigenvalue weighted by atomic mass is 32.2. The fourth-order valence-electron chi connectivity index (χ4n) is 1.60. The minimum Gasteiger partial charge on any atom is -0.208 e. The summed E-state index contributed by atoms with van der Waals surface area (Å²) in [6.07, 6.45) is 1.51. The summed E-state index contributed by atoms with van der Waals surface area (Å²) in [6.45, 7) is -0.0150. The zero-order valence-electron chi connectivity index (χ0n) is 11.7. The van der Waals surface area contributed by atoms with Gasteiger partial charge in [-0.25, -0.2) is 12.8 Å². The van der Waals surface area contributed by atoms with Crippen LogP contribution in [0.5, 0.6) is 0 Å². The van der Waals surface area contributed by atoms with Gasteiger partial charge >= 0.3 is 0 Å². The van der Waals surface area contributed by atoms with Crippen LogP contribution in [0.15, 0.2) is 60.0 Å². The van der Waals surface area contributed by atoms with Gasteiger partial charge in [0.15, 0.2) is 0 Å². The molecular weight excluding hydrogens is 301 g/mol. The SMILES string of the molecule is O=S(=O)(/C=C/c1ccccc1)NCC#Cc1ccc(F)cc1. The molecule has 0 radical (unpaired) electrons. The van der Waals surface area contributed by atoms with Gasteiger partial charge in [-0.2, -0.15) is 4.72 Å². The van der Waals surface area contributed by atoms with Crippen molar-refractivity contribution in [3.05, 3.63) is 76.9 Å². The van der Waals surface area contributed by atoms with E-state index >= 15 is 0 Å². The van der Waals surface area contributed by atoms with E-state index < -0.39 is 10.0 Å². The number of nitrogens with one attached hydrogen (secondary N) is 1. The van der Waals surface area contributed by atoms with Crippen molar-refractivity contribution in [2.75, 3.05) is 6.54 Å². The number of rotatable bonds is 4. The zero-order chi connectivity index (χ0) is 15.8. The van der Waals surface area contributed by atoms with Crippen molar-refractivity contribution in [3.8, 4) is 11.8 Å². The van der Waals surface area contributed by atoms with Crippen molar-refractivity contribution < 1.29 is 12.8 Å². The van der Waals surface area contributed by atoms with Crippen LogP contribution in [0.1, 0.15) is 11.1 Å². The molecule has 0 bridgehead atoms. The quantitative estimate of drug-likeness (QED) is 0.882. The van der Waals surface area contributed by atoms with Gasteiger partial charge < -0.3 is 0 Å². The van der Waals surface area contributed by atoms with Gasteiger partial charge in [-0.1, -0.05) is 42.2 Å². The van der Waals surface area contributed by atoms with E-state index in [1.165, 1.54) is 30.3 Å². The number of hydrogen-bond donors (Lipinski definition) is 1. The van der Waals surface area contributed by atoms with Gasteiger partial charge in [0.05, 0.1) is 6.54 Å². The largest absolute Gasteiger partial charge is 0.234 e. The van der Waals surface area contributed by atoms with Crippen molar-refractivity contribution in [2.24, 2.45) is 0 Å². The van der Waals surface area contributed by atoms with E-state index in [0.717, 1.165) is 11.0 Å². The Kier molecular flexibility index (Phi) is 5.48. The molecule has 0 saturated carbocycles. The normalized spacial score (nSPS) is 11.1. The fraction of sp³-hybridized carbons (Fsp3) is 0.0588. The van der Waals surface area contributed by atoms with E-state index in [1.807, 2.05) is 18.2 Å². The van der Waals surface area contributed by atoms with Crippen LogP contribution in [0.4, 0.5) is 4.39 Å². The second-order valence-corrected chi connectivity index (χ2v) is 6.04. The van der Waals surface area contributed by atoms with Gasteiger partial charge in [0, 0.05) is 11.0 Å². The molecule has 2 rings (SSSR count). The third-order valence-corrected chi connectivity index (χ3v) is 3.72. The minimum atomic E-state index is -3.53. The first kappa shape index (κ1) is 16.0. The minimum absolute atomic E-state index is 0.0150. The van der Waals surface area contributed by atoms with E-state index in [4.69, 9.17) is 0 Å². The molecule has 0 aliphatic heterocycles. The second kappa shape index (κ2) is 7.55. The molecular formula is C17H14FNO2S. The molecule has 3 nitrogen and oxygen atoms in total. The molecule has 0 amide bonds. The van der Waals surface area contributed by atoms with Gasteiger partial charge in [-0.3, -0.25) is 0 Å². The summed E-state index contributed by atoms with van der Waals surface area (Å²) in [5.41, 5.74) is 1.42. The zero-order valence-corrected chi connectivity index (χ0v) is 12.5. The molecule has 22 heavy (non-hydrogen) atoms. The van der Waals surface area contributed by atoms with Gasteiger partial charge in [0.1, 0.15) is 5.82 Å².